The van der Waals surface area contributed by atoms with Gasteiger partial charge in [-0.25, -0.2) is 0 Å². The van der Waals surface area contributed by atoms with Crippen LogP contribution in [0.3, 0.4) is 0 Å². The predicted octanol–water partition coefficient (Wildman–Crippen LogP) is 3.26. The van der Waals surface area contributed by atoms with Gasteiger partial charge >= 0.3 is 0 Å². The summed E-state index contributed by atoms with van der Waals surface area (Å²) >= 11 is 0. The SMILES string of the molecule is CNCc1cccc(-c2cncc(OC(C)C)c2)c1. The van der Waals surface area contributed by atoms with E-state index >= 15 is 0 Å². The van der Waals surface area contributed by atoms with Crippen molar-refractivity contribution in [2.45, 2.75) is 26.5 Å². The number of benzene rings is 1. The molecule has 3 heteroatoms. The summed E-state index contributed by atoms with van der Waals surface area (Å²) in [7, 11) is 1.95. The molecule has 0 aliphatic carbocycles. The van der Waals surface area contributed by atoms with E-state index in [1.165, 1.54) is 5.56 Å². The lowest BCUT2D eigenvalue weighted by Crippen LogP contribution is -2.06. The van der Waals surface area contributed by atoms with Crippen LogP contribution in [0.1, 0.15) is 19.4 Å². The third-order valence-electron chi connectivity index (χ3n) is 2.73. The molecule has 2 aromatic rings. The van der Waals surface area contributed by atoms with Gasteiger partial charge in [0.05, 0.1) is 12.3 Å². The van der Waals surface area contributed by atoms with Crippen molar-refractivity contribution in [1.29, 1.82) is 0 Å². The zero-order valence-corrected chi connectivity index (χ0v) is 11.7. The molecule has 1 N–H and O–H groups in total. The first-order valence-corrected chi connectivity index (χ1v) is 6.54. The highest BCUT2D eigenvalue weighted by Crippen LogP contribution is 2.24. The van der Waals surface area contributed by atoms with Gasteiger partial charge in [-0.1, -0.05) is 18.2 Å². The van der Waals surface area contributed by atoms with Crippen LogP contribution in [0.25, 0.3) is 11.1 Å². The number of ether oxygens (including phenoxy) is 1. The average molecular weight is 256 g/mol. The summed E-state index contributed by atoms with van der Waals surface area (Å²) in [4.78, 5) is 4.25. The van der Waals surface area contributed by atoms with E-state index in [1.54, 1.807) is 6.20 Å². The lowest BCUT2D eigenvalue weighted by molar-refractivity contribution is 0.241. The Morgan fingerprint density at radius 1 is 1.16 bits per heavy atom. The van der Waals surface area contributed by atoms with Crippen molar-refractivity contribution in [3.63, 3.8) is 0 Å². The molecule has 0 aliphatic rings. The molecule has 3 nitrogen and oxygen atoms in total. The van der Waals surface area contributed by atoms with Crippen LogP contribution < -0.4 is 10.1 Å². The van der Waals surface area contributed by atoms with Crippen LogP contribution in [0.5, 0.6) is 5.75 Å². The summed E-state index contributed by atoms with van der Waals surface area (Å²) < 4.78 is 5.68. The molecule has 0 fully saturated rings. The van der Waals surface area contributed by atoms with Crippen LogP contribution in [-0.2, 0) is 6.54 Å². The Morgan fingerprint density at radius 3 is 2.74 bits per heavy atom. The van der Waals surface area contributed by atoms with Crippen LogP contribution >= 0.6 is 0 Å². The van der Waals surface area contributed by atoms with E-state index < -0.39 is 0 Å². The Balaban J connectivity index is 2.28. The summed E-state index contributed by atoms with van der Waals surface area (Å²) in [5.41, 5.74) is 3.50. The van der Waals surface area contributed by atoms with Crippen molar-refractivity contribution >= 4 is 0 Å². The number of pyridine rings is 1. The molecular formula is C16H20N2O. The molecule has 0 unspecified atom stereocenters. The maximum Gasteiger partial charge on any atom is 0.138 e. The molecule has 2 rings (SSSR count). The minimum Gasteiger partial charge on any atom is -0.489 e. The molecule has 1 aromatic heterocycles. The first kappa shape index (κ1) is 13.6. The Bertz CT molecular complexity index is 538. The molecule has 0 bridgehead atoms. The first-order valence-electron chi connectivity index (χ1n) is 6.54. The van der Waals surface area contributed by atoms with E-state index in [2.05, 4.69) is 34.6 Å². The van der Waals surface area contributed by atoms with E-state index in [-0.39, 0.29) is 6.10 Å². The second-order valence-electron chi connectivity index (χ2n) is 4.81. The Labute approximate surface area is 114 Å². The monoisotopic (exact) mass is 256 g/mol. The minimum absolute atomic E-state index is 0.160. The smallest absolute Gasteiger partial charge is 0.138 e. The van der Waals surface area contributed by atoms with Crippen molar-refractivity contribution in [1.82, 2.24) is 10.3 Å². The van der Waals surface area contributed by atoms with E-state index in [9.17, 15) is 0 Å². The normalized spacial score (nSPS) is 10.7. The molecule has 0 spiro atoms. The van der Waals surface area contributed by atoms with Crippen LogP contribution in [-0.4, -0.2) is 18.1 Å². The van der Waals surface area contributed by atoms with Gasteiger partial charge in [0.25, 0.3) is 0 Å². The highest BCUT2D eigenvalue weighted by atomic mass is 16.5. The summed E-state index contributed by atoms with van der Waals surface area (Å²) in [6.45, 7) is 4.89. The second-order valence-corrected chi connectivity index (χ2v) is 4.81. The van der Waals surface area contributed by atoms with Gasteiger partial charge in [-0.3, -0.25) is 4.98 Å². The Kier molecular flexibility index (Phi) is 4.53. The molecule has 100 valence electrons. The molecular weight excluding hydrogens is 236 g/mol. The first-order chi connectivity index (χ1) is 9.19. The fourth-order valence-corrected chi connectivity index (χ4v) is 1.98. The Hall–Kier alpha value is -1.87. The van der Waals surface area contributed by atoms with Crippen molar-refractivity contribution < 1.29 is 4.74 Å². The molecule has 0 radical (unpaired) electrons. The van der Waals surface area contributed by atoms with Crippen LogP contribution in [0, 0.1) is 0 Å². The van der Waals surface area contributed by atoms with Gasteiger partial charge in [0.2, 0.25) is 0 Å². The van der Waals surface area contributed by atoms with Crippen LogP contribution in [0.15, 0.2) is 42.7 Å². The fourth-order valence-electron chi connectivity index (χ4n) is 1.98. The summed E-state index contributed by atoms with van der Waals surface area (Å²) in [6.07, 6.45) is 3.78. The van der Waals surface area contributed by atoms with E-state index in [4.69, 9.17) is 4.74 Å². The molecule has 0 atom stereocenters. The standard InChI is InChI=1S/C16H20N2O/c1-12(2)19-16-8-15(10-18-11-16)14-6-4-5-13(7-14)9-17-3/h4-8,10-12,17H,9H2,1-3H3. The number of nitrogens with zero attached hydrogens (tertiary/aromatic N) is 1. The number of rotatable bonds is 5. The fraction of sp³-hybridized carbons (Fsp3) is 0.312. The molecule has 19 heavy (non-hydrogen) atoms. The lowest BCUT2D eigenvalue weighted by Gasteiger charge is -2.11. The number of hydrogen-bond acceptors (Lipinski definition) is 3. The topological polar surface area (TPSA) is 34.2 Å². The van der Waals surface area contributed by atoms with Crippen LogP contribution in [0.2, 0.25) is 0 Å². The molecule has 0 saturated heterocycles. The summed E-state index contributed by atoms with van der Waals surface area (Å²) in [5.74, 6) is 0.812. The molecule has 0 aliphatic heterocycles. The van der Waals surface area contributed by atoms with Gasteiger partial charge in [-0.15, -0.1) is 0 Å². The largest absolute Gasteiger partial charge is 0.489 e. The maximum absolute atomic E-state index is 5.68. The van der Waals surface area contributed by atoms with E-state index in [0.717, 1.165) is 23.4 Å². The van der Waals surface area contributed by atoms with Crippen molar-refractivity contribution in [3.8, 4) is 16.9 Å². The highest BCUT2D eigenvalue weighted by Gasteiger charge is 2.03. The van der Waals surface area contributed by atoms with Crippen molar-refractivity contribution in [2.75, 3.05) is 7.05 Å². The van der Waals surface area contributed by atoms with E-state index in [1.807, 2.05) is 33.2 Å². The number of nitrogens with one attached hydrogen (secondary N) is 1. The second kappa shape index (κ2) is 6.34. The number of hydrogen-bond donors (Lipinski definition) is 1. The van der Waals surface area contributed by atoms with E-state index in [0.29, 0.717) is 0 Å². The maximum atomic E-state index is 5.68. The highest BCUT2D eigenvalue weighted by molar-refractivity contribution is 5.64. The van der Waals surface area contributed by atoms with Gasteiger partial charge < -0.3 is 10.1 Å². The van der Waals surface area contributed by atoms with Gasteiger partial charge in [-0.05, 0) is 44.2 Å². The van der Waals surface area contributed by atoms with Gasteiger partial charge in [0.1, 0.15) is 5.75 Å². The van der Waals surface area contributed by atoms with Crippen molar-refractivity contribution in [2.24, 2.45) is 0 Å². The third-order valence-corrected chi connectivity index (χ3v) is 2.73. The zero-order valence-electron chi connectivity index (χ0n) is 11.7. The van der Waals surface area contributed by atoms with Crippen LogP contribution in [0.4, 0.5) is 0 Å². The average Bonchev–Trinajstić information content (AvgIpc) is 2.39. The van der Waals surface area contributed by atoms with Crippen molar-refractivity contribution in [3.05, 3.63) is 48.3 Å². The molecule has 0 amide bonds. The molecule has 0 saturated carbocycles. The summed E-state index contributed by atoms with van der Waals surface area (Å²) in [5, 5.41) is 3.16. The number of aromatic nitrogens is 1. The predicted molar refractivity (Wildman–Crippen MR) is 78.2 cm³/mol. The van der Waals surface area contributed by atoms with Gasteiger partial charge in [-0.2, -0.15) is 0 Å². The molecule has 1 heterocycles. The van der Waals surface area contributed by atoms with Gasteiger partial charge in [0.15, 0.2) is 0 Å². The third kappa shape index (κ3) is 3.80. The Morgan fingerprint density at radius 2 is 2.00 bits per heavy atom. The van der Waals surface area contributed by atoms with Gasteiger partial charge in [0, 0.05) is 18.3 Å². The zero-order chi connectivity index (χ0) is 13.7. The minimum atomic E-state index is 0.160. The quantitative estimate of drug-likeness (QED) is 0.891. The summed E-state index contributed by atoms with van der Waals surface area (Å²) in [6, 6.07) is 10.5. The molecule has 1 aromatic carbocycles. The lowest BCUT2D eigenvalue weighted by atomic mass is 10.0.